The number of rotatable bonds is 0. The van der Waals surface area contributed by atoms with Crippen LogP contribution in [-0.4, -0.2) is 13.1 Å². The van der Waals surface area contributed by atoms with Crippen LogP contribution in [0.4, 0.5) is 0 Å². The van der Waals surface area contributed by atoms with Crippen LogP contribution in [0.25, 0.3) is 0 Å². The van der Waals surface area contributed by atoms with Gasteiger partial charge in [0.1, 0.15) is 0 Å². The van der Waals surface area contributed by atoms with Crippen molar-refractivity contribution < 1.29 is 0 Å². The molecule has 0 bridgehead atoms. The lowest BCUT2D eigenvalue weighted by Crippen LogP contribution is -2.35. The summed E-state index contributed by atoms with van der Waals surface area (Å²) < 4.78 is 0. The summed E-state index contributed by atoms with van der Waals surface area (Å²) in [6.45, 7) is 2.24. The minimum atomic E-state index is 0.640. The van der Waals surface area contributed by atoms with Gasteiger partial charge in [-0.1, -0.05) is 23.8 Å². The smallest absolute Gasteiger partial charge is 0.0366 e. The molecule has 2 heteroatoms. The Kier molecular flexibility index (Phi) is 2.01. The second-order valence-electron chi connectivity index (χ2n) is 3.23. The van der Waals surface area contributed by atoms with E-state index >= 15 is 0 Å². The Labute approximate surface area is 72.1 Å². The predicted octanol–water partition coefficient (Wildman–Crippen LogP) is 1.90. The number of fused-ring (bicyclic) bond motifs is 1. The SMILES string of the molecule is ClC1=CC2CNCCC2C=C1. The maximum atomic E-state index is 5.88. The van der Waals surface area contributed by atoms with Crippen LogP contribution in [0.15, 0.2) is 23.3 Å². The molecule has 2 rings (SSSR count). The number of hydrogen-bond donors (Lipinski definition) is 1. The molecule has 1 N–H and O–H groups in total. The van der Waals surface area contributed by atoms with E-state index < -0.39 is 0 Å². The van der Waals surface area contributed by atoms with Crippen molar-refractivity contribution in [3.05, 3.63) is 23.3 Å². The monoisotopic (exact) mass is 169 g/mol. The lowest BCUT2D eigenvalue weighted by Gasteiger charge is -2.30. The Morgan fingerprint density at radius 2 is 2.36 bits per heavy atom. The molecule has 0 spiro atoms. The number of piperidine rings is 1. The first-order chi connectivity index (χ1) is 5.36. The highest BCUT2D eigenvalue weighted by Crippen LogP contribution is 2.28. The van der Waals surface area contributed by atoms with Gasteiger partial charge in [0.2, 0.25) is 0 Å². The average Bonchev–Trinajstić information content (AvgIpc) is 2.04. The largest absolute Gasteiger partial charge is 0.316 e. The van der Waals surface area contributed by atoms with Crippen LogP contribution in [0.2, 0.25) is 0 Å². The van der Waals surface area contributed by atoms with Gasteiger partial charge in [-0.2, -0.15) is 0 Å². The fourth-order valence-electron chi connectivity index (χ4n) is 1.80. The molecule has 2 aliphatic rings. The fourth-order valence-corrected chi connectivity index (χ4v) is 2.03. The van der Waals surface area contributed by atoms with Crippen molar-refractivity contribution in [1.29, 1.82) is 0 Å². The zero-order chi connectivity index (χ0) is 7.68. The van der Waals surface area contributed by atoms with Crippen molar-refractivity contribution in [2.45, 2.75) is 6.42 Å². The highest BCUT2D eigenvalue weighted by Gasteiger charge is 2.22. The normalized spacial score (nSPS) is 36.3. The molecule has 1 nitrogen and oxygen atoms in total. The van der Waals surface area contributed by atoms with Crippen LogP contribution in [-0.2, 0) is 0 Å². The van der Waals surface area contributed by atoms with Gasteiger partial charge in [0.15, 0.2) is 0 Å². The Morgan fingerprint density at radius 3 is 3.27 bits per heavy atom. The summed E-state index contributed by atoms with van der Waals surface area (Å²) in [7, 11) is 0. The van der Waals surface area contributed by atoms with Crippen LogP contribution in [0.5, 0.6) is 0 Å². The topological polar surface area (TPSA) is 12.0 Å². The van der Waals surface area contributed by atoms with Crippen molar-refractivity contribution in [2.75, 3.05) is 13.1 Å². The first kappa shape index (κ1) is 7.38. The van der Waals surface area contributed by atoms with Gasteiger partial charge in [0.05, 0.1) is 0 Å². The lowest BCUT2D eigenvalue weighted by atomic mass is 9.83. The Balaban J connectivity index is 2.13. The van der Waals surface area contributed by atoms with E-state index in [0.29, 0.717) is 5.92 Å². The maximum absolute atomic E-state index is 5.88. The van der Waals surface area contributed by atoms with Gasteiger partial charge in [0, 0.05) is 11.6 Å². The lowest BCUT2D eigenvalue weighted by molar-refractivity contribution is 0.353. The standard InChI is InChI=1S/C9H12ClN/c10-9-2-1-7-3-4-11-6-8(7)5-9/h1-2,5,7-8,11H,3-4,6H2. The molecular weight excluding hydrogens is 158 g/mol. The van der Waals surface area contributed by atoms with Crippen LogP contribution < -0.4 is 5.32 Å². The molecule has 2 atom stereocenters. The maximum Gasteiger partial charge on any atom is 0.0366 e. The quantitative estimate of drug-likeness (QED) is 0.584. The molecule has 0 amide bonds. The van der Waals surface area contributed by atoms with E-state index in [2.05, 4.69) is 17.5 Å². The average molecular weight is 170 g/mol. The molecule has 11 heavy (non-hydrogen) atoms. The minimum absolute atomic E-state index is 0.640. The molecule has 0 radical (unpaired) electrons. The van der Waals surface area contributed by atoms with E-state index in [1.54, 1.807) is 0 Å². The number of allylic oxidation sites excluding steroid dienone is 3. The Hall–Kier alpha value is -0.270. The summed E-state index contributed by atoms with van der Waals surface area (Å²) in [5, 5.41) is 4.27. The van der Waals surface area contributed by atoms with E-state index in [1.165, 1.54) is 6.42 Å². The predicted molar refractivity (Wildman–Crippen MR) is 47.5 cm³/mol. The van der Waals surface area contributed by atoms with Gasteiger partial charge in [-0.25, -0.2) is 0 Å². The number of hydrogen-bond acceptors (Lipinski definition) is 1. The molecule has 1 fully saturated rings. The molecule has 0 aromatic heterocycles. The molecular formula is C9H12ClN. The second-order valence-corrected chi connectivity index (χ2v) is 3.67. The van der Waals surface area contributed by atoms with Gasteiger partial charge in [0.25, 0.3) is 0 Å². The first-order valence-corrected chi connectivity index (χ1v) is 4.50. The van der Waals surface area contributed by atoms with E-state index in [9.17, 15) is 0 Å². The van der Waals surface area contributed by atoms with Gasteiger partial charge in [-0.15, -0.1) is 0 Å². The van der Waals surface area contributed by atoms with E-state index in [0.717, 1.165) is 24.0 Å². The second kappa shape index (κ2) is 3.00. The molecule has 1 aliphatic carbocycles. The molecule has 2 unspecified atom stereocenters. The van der Waals surface area contributed by atoms with Crippen LogP contribution >= 0.6 is 11.6 Å². The van der Waals surface area contributed by atoms with Crippen molar-refractivity contribution in [3.8, 4) is 0 Å². The van der Waals surface area contributed by atoms with Crippen LogP contribution in [0.3, 0.4) is 0 Å². The fraction of sp³-hybridized carbons (Fsp3) is 0.556. The summed E-state index contributed by atoms with van der Waals surface area (Å²) in [5.41, 5.74) is 0. The highest BCUT2D eigenvalue weighted by atomic mass is 35.5. The summed E-state index contributed by atoms with van der Waals surface area (Å²) in [5.74, 6) is 1.38. The molecule has 1 heterocycles. The Morgan fingerprint density at radius 1 is 1.45 bits per heavy atom. The third kappa shape index (κ3) is 1.49. The minimum Gasteiger partial charge on any atom is -0.316 e. The molecule has 0 saturated carbocycles. The van der Waals surface area contributed by atoms with Gasteiger partial charge < -0.3 is 5.32 Å². The van der Waals surface area contributed by atoms with Gasteiger partial charge >= 0.3 is 0 Å². The third-order valence-electron chi connectivity index (χ3n) is 2.46. The van der Waals surface area contributed by atoms with E-state index in [-0.39, 0.29) is 0 Å². The van der Waals surface area contributed by atoms with Gasteiger partial charge in [-0.05, 0) is 30.9 Å². The summed E-state index contributed by atoms with van der Waals surface area (Å²) in [6.07, 6.45) is 7.68. The zero-order valence-corrected chi connectivity index (χ0v) is 7.14. The molecule has 1 saturated heterocycles. The highest BCUT2D eigenvalue weighted by molar-refractivity contribution is 6.31. The number of nitrogens with one attached hydrogen (secondary N) is 1. The third-order valence-corrected chi connectivity index (χ3v) is 2.71. The number of halogens is 1. The summed E-state index contributed by atoms with van der Waals surface area (Å²) in [6, 6.07) is 0. The van der Waals surface area contributed by atoms with E-state index in [4.69, 9.17) is 11.6 Å². The Bertz CT molecular complexity index is 208. The van der Waals surface area contributed by atoms with Crippen molar-refractivity contribution in [2.24, 2.45) is 11.8 Å². The van der Waals surface area contributed by atoms with Crippen molar-refractivity contribution in [3.63, 3.8) is 0 Å². The van der Waals surface area contributed by atoms with E-state index in [1.807, 2.05) is 6.08 Å². The van der Waals surface area contributed by atoms with Crippen LogP contribution in [0, 0.1) is 11.8 Å². The van der Waals surface area contributed by atoms with Crippen molar-refractivity contribution in [1.82, 2.24) is 5.32 Å². The zero-order valence-electron chi connectivity index (χ0n) is 6.39. The molecule has 0 aromatic carbocycles. The van der Waals surface area contributed by atoms with Crippen molar-refractivity contribution >= 4 is 11.6 Å². The first-order valence-electron chi connectivity index (χ1n) is 4.12. The summed E-state index contributed by atoms with van der Waals surface area (Å²) >= 11 is 5.88. The summed E-state index contributed by atoms with van der Waals surface area (Å²) in [4.78, 5) is 0. The van der Waals surface area contributed by atoms with Gasteiger partial charge in [-0.3, -0.25) is 0 Å². The molecule has 0 aromatic rings. The van der Waals surface area contributed by atoms with Crippen LogP contribution in [0.1, 0.15) is 6.42 Å². The molecule has 60 valence electrons. The molecule has 1 aliphatic heterocycles.